The summed E-state index contributed by atoms with van der Waals surface area (Å²) in [6.45, 7) is 1.99. The highest BCUT2D eigenvalue weighted by Crippen LogP contribution is 2.09. The van der Waals surface area contributed by atoms with E-state index in [9.17, 15) is 9.50 Å². The van der Waals surface area contributed by atoms with E-state index < -0.39 is 12.1 Å². The number of aliphatic hydroxyl groups excluding tert-OH is 1. The minimum atomic E-state index is -0.638. The molecule has 0 bridgehead atoms. The van der Waals surface area contributed by atoms with Crippen molar-refractivity contribution in [3.8, 4) is 0 Å². The normalized spacial score (nSPS) is 19.8. The first-order valence-corrected chi connectivity index (χ1v) is 7.14. The highest BCUT2D eigenvalue weighted by atomic mass is 19.1. The summed E-state index contributed by atoms with van der Waals surface area (Å²) in [5.41, 5.74) is 6.79. The second kappa shape index (κ2) is 7.69. The van der Waals surface area contributed by atoms with Gasteiger partial charge in [-0.25, -0.2) is 4.39 Å². The van der Waals surface area contributed by atoms with Gasteiger partial charge in [0.25, 0.3) is 0 Å². The molecule has 0 aliphatic carbocycles. The van der Waals surface area contributed by atoms with Gasteiger partial charge in [-0.05, 0) is 37.0 Å². The molecule has 112 valence electrons. The van der Waals surface area contributed by atoms with Gasteiger partial charge >= 0.3 is 0 Å². The van der Waals surface area contributed by atoms with Gasteiger partial charge < -0.3 is 20.9 Å². The fourth-order valence-corrected chi connectivity index (χ4v) is 2.41. The minimum Gasteiger partial charge on any atom is -0.390 e. The van der Waals surface area contributed by atoms with E-state index in [-0.39, 0.29) is 5.82 Å². The van der Waals surface area contributed by atoms with Gasteiger partial charge in [0.2, 0.25) is 0 Å². The van der Waals surface area contributed by atoms with E-state index in [2.05, 4.69) is 5.32 Å². The summed E-state index contributed by atoms with van der Waals surface area (Å²) < 4.78 is 18.4. The third kappa shape index (κ3) is 4.83. The molecule has 4 N–H and O–H groups in total. The molecular weight excluding hydrogens is 259 g/mol. The Hall–Kier alpha value is -1.01. The summed E-state index contributed by atoms with van der Waals surface area (Å²) in [5, 5.41) is 13.4. The van der Waals surface area contributed by atoms with Crippen LogP contribution in [-0.2, 0) is 11.2 Å². The molecule has 5 heteroatoms. The van der Waals surface area contributed by atoms with E-state index in [4.69, 9.17) is 10.5 Å². The molecule has 0 saturated carbocycles. The van der Waals surface area contributed by atoms with Crippen LogP contribution in [0.3, 0.4) is 0 Å². The zero-order valence-electron chi connectivity index (χ0n) is 11.6. The number of benzene rings is 1. The summed E-state index contributed by atoms with van der Waals surface area (Å²) in [6.07, 6.45) is 1.76. The Labute approximate surface area is 119 Å². The van der Waals surface area contributed by atoms with Gasteiger partial charge in [-0.1, -0.05) is 12.1 Å². The Morgan fingerprint density at radius 1 is 1.40 bits per heavy atom. The number of nitrogens with one attached hydrogen (secondary N) is 1. The number of aliphatic hydroxyl groups is 1. The molecule has 1 aliphatic heterocycles. The maximum atomic E-state index is 13.1. The fraction of sp³-hybridized carbons (Fsp3) is 0.600. The second-order valence-corrected chi connectivity index (χ2v) is 5.36. The van der Waals surface area contributed by atoms with Crippen LogP contribution in [0.25, 0.3) is 0 Å². The van der Waals surface area contributed by atoms with Crippen molar-refractivity contribution in [3.05, 3.63) is 35.6 Å². The monoisotopic (exact) mass is 282 g/mol. The lowest BCUT2D eigenvalue weighted by Gasteiger charge is -2.26. The molecule has 0 unspecified atom stereocenters. The molecule has 4 nitrogen and oxygen atoms in total. The first kappa shape index (κ1) is 15.4. The van der Waals surface area contributed by atoms with E-state index in [1.807, 2.05) is 6.07 Å². The average molecular weight is 282 g/mol. The van der Waals surface area contributed by atoms with Crippen LogP contribution in [0.15, 0.2) is 24.3 Å². The molecule has 1 aromatic rings. The maximum absolute atomic E-state index is 13.1. The molecule has 1 aliphatic rings. The van der Waals surface area contributed by atoms with Gasteiger partial charge in [-0.15, -0.1) is 0 Å². The number of ether oxygens (including phenoxy) is 1. The number of nitrogens with two attached hydrogens (primary N) is 1. The van der Waals surface area contributed by atoms with E-state index >= 15 is 0 Å². The molecule has 1 saturated heterocycles. The van der Waals surface area contributed by atoms with Crippen molar-refractivity contribution in [1.82, 2.24) is 5.32 Å². The minimum absolute atomic E-state index is 0.274. The number of halogens is 1. The van der Waals surface area contributed by atoms with Crippen LogP contribution in [0.5, 0.6) is 0 Å². The Kier molecular flexibility index (Phi) is 5.91. The summed E-state index contributed by atoms with van der Waals surface area (Å²) in [4.78, 5) is 0. The third-order valence-corrected chi connectivity index (χ3v) is 3.69. The van der Waals surface area contributed by atoms with E-state index in [0.717, 1.165) is 31.6 Å². The summed E-state index contributed by atoms with van der Waals surface area (Å²) in [5.74, 6) is -0.274. The number of hydrogen-bond donors (Lipinski definition) is 3. The van der Waals surface area contributed by atoms with Crippen LogP contribution in [0, 0.1) is 5.82 Å². The Bertz CT molecular complexity index is 411. The smallest absolute Gasteiger partial charge is 0.123 e. The molecular formula is C15H23FN2O2. The van der Waals surface area contributed by atoms with Crippen molar-refractivity contribution < 1.29 is 14.2 Å². The van der Waals surface area contributed by atoms with Gasteiger partial charge in [-0.3, -0.25) is 0 Å². The molecule has 0 aromatic heterocycles. The van der Waals surface area contributed by atoms with Crippen molar-refractivity contribution in [3.63, 3.8) is 0 Å². The standard InChI is InChI=1S/C15H23FN2O2/c16-12-3-1-2-11(8-12)9-14(17)15(19)10-18-13-4-6-20-7-5-13/h1-3,8,13-15,18-19H,4-7,9-10,17H2/t14-,15+/m0/s1. The second-order valence-electron chi connectivity index (χ2n) is 5.36. The molecule has 1 fully saturated rings. The Morgan fingerprint density at radius 2 is 2.15 bits per heavy atom. The van der Waals surface area contributed by atoms with Gasteiger partial charge in [0.1, 0.15) is 5.82 Å². The van der Waals surface area contributed by atoms with Crippen molar-refractivity contribution in [2.24, 2.45) is 5.73 Å². The van der Waals surface area contributed by atoms with E-state index in [1.165, 1.54) is 12.1 Å². The van der Waals surface area contributed by atoms with Crippen LogP contribution < -0.4 is 11.1 Å². The largest absolute Gasteiger partial charge is 0.390 e. The topological polar surface area (TPSA) is 67.5 Å². The zero-order valence-corrected chi connectivity index (χ0v) is 11.6. The van der Waals surface area contributed by atoms with Gasteiger partial charge in [0, 0.05) is 31.8 Å². The lowest BCUT2D eigenvalue weighted by molar-refractivity contribution is 0.0700. The predicted octanol–water partition coefficient (Wildman–Crippen LogP) is 0.825. The third-order valence-electron chi connectivity index (χ3n) is 3.69. The van der Waals surface area contributed by atoms with Gasteiger partial charge in [0.05, 0.1) is 6.10 Å². The maximum Gasteiger partial charge on any atom is 0.123 e. The summed E-state index contributed by atoms with van der Waals surface area (Å²) in [7, 11) is 0. The summed E-state index contributed by atoms with van der Waals surface area (Å²) in [6, 6.07) is 6.33. The van der Waals surface area contributed by atoms with Crippen molar-refractivity contribution in [1.29, 1.82) is 0 Å². The molecule has 0 spiro atoms. The highest BCUT2D eigenvalue weighted by Gasteiger charge is 2.19. The SMILES string of the molecule is N[C@@H](Cc1cccc(F)c1)[C@H](O)CNC1CCOCC1. The fourth-order valence-electron chi connectivity index (χ4n) is 2.41. The van der Waals surface area contributed by atoms with Gasteiger partial charge in [0.15, 0.2) is 0 Å². The Morgan fingerprint density at radius 3 is 2.85 bits per heavy atom. The molecule has 1 aromatic carbocycles. The summed E-state index contributed by atoms with van der Waals surface area (Å²) >= 11 is 0. The molecule has 20 heavy (non-hydrogen) atoms. The molecule has 0 radical (unpaired) electrons. The van der Waals surface area contributed by atoms with Crippen molar-refractivity contribution in [2.75, 3.05) is 19.8 Å². The number of rotatable bonds is 6. The molecule has 2 atom stereocenters. The highest BCUT2D eigenvalue weighted by molar-refractivity contribution is 5.17. The van der Waals surface area contributed by atoms with E-state index in [0.29, 0.717) is 19.0 Å². The molecule has 2 rings (SSSR count). The first-order chi connectivity index (χ1) is 9.65. The zero-order chi connectivity index (χ0) is 14.4. The van der Waals surface area contributed by atoms with Crippen LogP contribution in [-0.4, -0.2) is 43.1 Å². The van der Waals surface area contributed by atoms with Crippen molar-refractivity contribution in [2.45, 2.75) is 37.5 Å². The quantitative estimate of drug-likeness (QED) is 0.723. The van der Waals surface area contributed by atoms with Crippen LogP contribution in [0.1, 0.15) is 18.4 Å². The number of hydrogen-bond acceptors (Lipinski definition) is 4. The Balaban J connectivity index is 1.75. The van der Waals surface area contributed by atoms with Gasteiger partial charge in [-0.2, -0.15) is 0 Å². The van der Waals surface area contributed by atoms with Crippen LogP contribution in [0.4, 0.5) is 4.39 Å². The molecule has 0 amide bonds. The van der Waals surface area contributed by atoms with Crippen LogP contribution in [0.2, 0.25) is 0 Å². The van der Waals surface area contributed by atoms with Crippen LogP contribution >= 0.6 is 0 Å². The first-order valence-electron chi connectivity index (χ1n) is 7.14. The lowest BCUT2D eigenvalue weighted by Crippen LogP contribution is -2.46. The molecule has 1 heterocycles. The lowest BCUT2D eigenvalue weighted by atomic mass is 10.0. The predicted molar refractivity (Wildman–Crippen MR) is 75.9 cm³/mol. The van der Waals surface area contributed by atoms with Crippen molar-refractivity contribution >= 4 is 0 Å². The average Bonchev–Trinajstić information content (AvgIpc) is 2.46. The van der Waals surface area contributed by atoms with E-state index in [1.54, 1.807) is 6.07 Å².